The molecule has 0 aromatic rings. The van der Waals surface area contributed by atoms with E-state index in [-0.39, 0.29) is 22.9 Å². The zero-order valence-corrected chi connectivity index (χ0v) is 10.9. The molecule has 0 aromatic heterocycles. The minimum absolute atomic E-state index is 0.0987. The minimum atomic E-state index is -0.294. The van der Waals surface area contributed by atoms with Gasteiger partial charge in [0.25, 0.3) is 0 Å². The van der Waals surface area contributed by atoms with E-state index in [2.05, 4.69) is 34.6 Å². The summed E-state index contributed by atoms with van der Waals surface area (Å²) in [6, 6.07) is 0.252. The smallest absolute Gasteiger partial charge is 0.228 e. The second-order valence-corrected chi connectivity index (χ2v) is 6.19. The van der Waals surface area contributed by atoms with Gasteiger partial charge in [-0.3, -0.25) is 4.79 Å². The van der Waals surface area contributed by atoms with Gasteiger partial charge >= 0.3 is 0 Å². The molecule has 2 heteroatoms. The highest BCUT2D eigenvalue weighted by Gasteiger charge is 2.35. The van der Waals surface area contributed by atoms with Gasteiger partial charge in [0, 0.05) is 17.0 Å². The van der Waals surface area contributed by atoms with E-state index in [1.807, 2.05) is 25.7 Å². The van der Waals surface area contributed by atoms with Crippen molar-refractivity contribution in [3.05, 3.63) is 0 Å². The summed E-state index contributed by atoms with van der Waals surface area (Å²) in [6.07, 6.45) is 0. The van der Waals surface area contributed by atoms with E-state index in [1.165, 1.54) is 0 Å². The highest BCUT2D eigenvalue weighted by atomic mass is 16.2. The van der Waals surface area contributed by atoms with Crippen molar-refractivity contribution in [3.63, 3.8) is 0 Å². The van der Waals surface area contributed by atoms with Crippen LogP contribution in [0.15, 0.2) is 0 Å². The maximum Gasteiger partial charge on any atom is 0.228 e. The van der Waals surface area contributed by atoms with Gasteiger partial charge in [-0.05, 0) is 34.6 Å². The topological polar surface area (TPSA) is 20.3 Å². The minimum Gasteiger partial charge on any atom is -0.335 e. The third kappa shape index (κ3) is 3.32. The first-order valence-corrected chi connectivity index (χ1v) is 5.31. The van der Waals surface area contributed by atoms with Crippen LogP contribution >= 0.6 is 0 Å². The molecule has 0 aliphatic carbocycles. The van der Waals surface area contributed by atoms with E-state index in [4.69, 9.17) is 0 Å². The van der Waals surface area contributed by atoms with E-state index in [0.29, 0.717) is 0 Å². The van der Waals surface area contributed by atoms with Crippen LogP contribution in [0.1, 0.15) is 55.4 Å². The lowest BCUT2D eigenvalue weighted by Gasteiger charge is -2.42. The molecular weight excluding hydrogens is 174 g/mol. The maximum atomic E-state index is 12.2. The van der Waals surface area contributed by atoms with Crippen molar-refractivity contribution in [1.29, 1.82) is 0 Å². The van der Waals surface area contributed by atoms with E-state index in [1.54, 1.807) is 0 Å². The van der Waals surface area contributed by atoms with Gasteiger partial charge in [0.05, 0.1) is 0 Å². The molecule has 0 N–H and O–H groups in total. The van der Waals surface area contributed by atoms with Crippen LogP contribution in [0, 0.1) is 5.41 Å². The van der Waals surface area contributed by atoms with Crippen LogP contribution < -0.4 is 0 Å². The van der Waals surface area contributed by atoms with Gasteiger partial charge in [-0.15, -0.1) is 0 Å². The number of nitrogens with zero attached hydrogens (tertiary/aromatic N) is 1. The average Bonchev–Trinajstić information content (AvgIpc) is 1.79. The van der Waals surface area contributed by atoms with Crippen LogP contribution in [0.4, 0.5) is 0 Å². The van der Waals surface area contributed by atoms with Crippen molar-refractivity contribution in [1.82, 2.24) is 4.90 Å². The van der Waals surface area contributed by atoms with Gasteiger partial charge in [0.2, 0.25) is 5.91 Å². The molecule has 0 aliphatic heterocycles. The van der Waals surface area contributed by atoms with Crippen LogP contribution in [-0.2, 0) is 4.79 Å². The Bertz CT molecular complexity index is 205. The summed E-state index contributed by atoms with van der Waals surface area (Å²) in [5.41, 5.74) is -0.393. The largest absolute Gasteiger partial charge is 0.335 e. The van der Waals surface area contributed by atoms with Crippen molar-refractivity contribution >= 4 is 5.91 Å². The summed E-state index contributed by atoms with van der Waals surface area (Å²) in [5.74, 6) is 0.222. The summed E-state index contributed by atoms with van der Waals surface area (Å²) in [4.78, 5) is 14.1. The lowest BCUT2D eigenvalue weighted by molar-refractivity contribution is -0.146. The summed E-state index contributed by atoms with van der Waals surface area (Å²) < 4.78 is 0. The van der Waals surface area contributed by atoms with Crippen LogP contribution in [0.2, 0.25) is 0 Å². The zero-order chi connectivity index (χ0) is 11.7. The first-order chi connectivity index (χ1) is 5.98. The first kappa shape index (κ1) is 13.5. The Labute approximate surface area is 88.7 Å². The fourth-order valence-electron chi connectivity index (χ4n) is 1.68. The Kier molecular flexibility index (Phi) is 3.77. The Balaban J connectivity index is 4.97. The zero-order valence-electron chi connectivity index (χ0n) is 10.9. The van der Waals surface area contributed by atoms with Crippen molar-refractivity contribution in [2.24, 2.45) is 5.41 Å². The van der Waals surface area contributed by atoms with Gasteiger partial charge in [-0.25, -0.2) is 0 Å². The monoisotopic (exact) mass is 199 g/mol. The highest BCUT2D eigenvalue weighted by Crippen LogP contribution is 2.25. The van der Waals surface area contributed by atoms with Crippen molar-refractivity contribution in [2.45, 2.75) is 67.0 Å². The molecule has 0 radical (unpaired) electrons. The van der Waals surface area contributed by atoms with E-state index >= 15 is 0 Å². The fourth-order valence-corrected chi connectivity index (χ4v) is 1.68. The summed E-state index contributed by atoms with van der Waals surface area (Å²) in [6.45, 7) is 16.3. The molecule has 84 valence electrons. The second-order valence-electron chi connectivity index (χ2n) is 6.19. The Morgan fingerprint density at radius 3 is 1.43 bits per heavy atom. The van der Waals surface area contributed by atoms with Gasteiger partial charge in [0.1, 0.15) is 0 Å². The standard InChI is InChI=1S/C12H25NO/c1-9(2)13(12(6,7)8)10(14)11(3,4)5/h9H,1-8H3. The number of carbonyl (C=O) groups excluding carboxylic acids is 1. The number of carbonyl (C=O) groups is 1. The Morgan fingerprint density at radius 1 is 1.00 bits per heavy atom. The van der Waals surface area contributed by atoms with E-state index < -0.39 is 0 Å². The Hall–Kier alpha value is -0.530. The summed E-state index contributed by atoms with van der Waals surface area (Å²) in [5, 5.41) is 0. The van der Waals surface area contributed by atoms with Gasteiger partial charge in [-0.2, -0.15) is 0 Å². The molecule has 14 heavy (non-hydrogen) atoms. The SMILES string of the molecule is CC(C)N(C(=O)C(C)(C)C)C(C)(C)C. The first-order valence-electron chi connectivity index (χ1n) is 5.31. The molecule has 2 nitrogen and oxygen atoms in total. The van der Waals surface area contributed by atoms with E-state index in [9.17, 15) is 4.79 Å². The van der Waals surface area contributed by atoms with E-state index in [0.717, 1.165) is 0 Å². The molecule has 0 heterocycles. The van der Waals surface area contributed by atoms with Crippen molar-refractivity contribution in [2.75, 3.05) is 0 Å². The molecule has 0 aliphatic rings. The number of hydrogen-bond donors (Lipinski definition) is 0. The predicted molar refractivity (Wildman–Crippen MR) is 61.2 cm³/mol. The van der Waals surface area contributed by atoms with Crippen LogP contribution in [0.3, 0.4) is 0 Å². The molecule has 0 fully saturated rings. The van der Waals surface area contributed by atoms with Crippen LogP contribution in [0.25, 0.3) is 0 Å². The van der Waals surface area contributed by atoms with Crippen molar-refractivity contribution in [3.8, 4) is 0 Å². The molecule has 0 spiro atoms. The third-order valence-corrected chi connectivity index (χ3v) is 2.10. The van der Waals surface area contributed by atoms with Gasteiger partial charge < -0.3 is 4.90 Å². The molecule has 1 amide bonds. The second kappa shape index (κ2) is 3.92. The summed E-state index contributed by atoms with van der Waals surface area (Å²) >= 11 is 0. The normalized spacial score (nSPS) is 13.2. The number of rotatable bonds is 1. The molecule has 0 rings (SSSR count). The third-order valence-electron chi connectivity index (χ3n) is 2.10. The average molecular weight is 199 g/mol. The van der Waals surface area contributed by atoms with Gasteiger partial charge in [-0.1, -0.05) is 20.8 Å². The summed E-state index contributed by atoms with van der Waals surface area (Å²) in [7, 11) is 0. The van der Waals surface area contributed by atoms with Crippen LogP contribution in [-0.4, -0.2) is 22.4 Å². The van der Waals surface area contributed by atoms with Crippen LogP contribution in [0.5, 0.6) is 0 Å². The van der Waals surface area contributed by atoms with Crippen molar-refractivity contribution < 1.29 is 4.79 Å². The lowest BCUT2D eigenvalue weighted by Crippen LogP contribution is -2.53. The molecular formula is C12H25NO. The number of hydrogen-bond acceptors (Lipinski definition) is 1. The lowest BCUT2D eigenvalue weighted by atomic mass is 9.90. The number of amides is 1. The quantitative estimate of drug-likeness (QED) is 0.635. The molecule has 0 bridgehead atoms. The molecule has 0 saturated heterocycles. The Morgan fingerprint density at radius 2 is 1.36 bits per heavy atom. The molecule has 0 atom stereocenters. The molecule has 0 unspecified atom stereocenters. The predicted octanol–water partition coefficient (Wildman–Crippen LogP) is 3.07. The highest BCUT2D eigenvalue weighted by molar-refractivity contribution is 5.82. The fraction of sp³-hybridized carbons (Fsp3) is 0.917. The maximum absolute atomic E-state index is 12.2. The van der Waals surface area contributed by atoms with Gasteiger partial charge in [0.15, 0.2) is 0 Å². The molecule has 0 aromatic carbocycles. The molecule has 0 saturated carbocycles.